The van der Waals surface area contributed by atoms with Gasteiger partial charge in [0.15, 0.2) is 11.2 Å². The molecule has 2 rings (SSSR count). The molecule has 20 heavy (non-hydrogen) atoms. The van der Waals surface area contributed by atoms with E-state index in [9.17, 15) is 14.7 Å². The molecule has 0 aliphatic heterocycles. The molecule has 2 unspecified atom stereocenters. The topological polar surface area (TPSA) is 139 Å². The molecule has 8 nitrogen and oxygen atoms in total. The van der Waals surface area contributed by atoms with Crippen LogP contribution in [0, 0.1) is 5.92 Å². The number of hydrogen-bond donors (Lipinski definition) is 3. The molecule has 1 aliphatic carbocycles. The van der Waals surface area contributed by atoms with Gasteiger partial charge in [0.1, 0.15) is 6.33 Å². The van der Waals surface area contributed by atoms with Gasteiger partial charge in [0.25, 0.3) is 0 Å². The van der Waals surface area contributed by atoms with Crippen LogP contribution in [0.3, 0.4) is 0 Å². The second-order valence-electron chi connectivity index (χ2n) is 4.35. The number of carbonyl (C=O) groups is 2. The van der Waals surface area contributed by atoms with Crippen molar-refractivity contribution >= 4 is 17.9 Å². The van der Waals surface area contributed by atoms with Gasteiger partial charge in [-0.25, -0.2) is 14.8 Å². The number of carboxylic acid groups (broad SMARTS) is 2. The van der Waals surface area contributed by atoms with E-state index in [1.165, 1.54) is 25.2 Å². The Morgan fingerprint density at radius 2 is 2.05 bits per heavy atom. The number of anilines is 1. The summed E-state index contributed by atoms with van der Waals surface area (Å²) < 4.78 is 0. The Bertz CT molecular complexity index is 640. The van der Waals surface area contributed by atoms with E-state index < -0.39 is 23.3 Å². The van der Waals surface area contributed by atoms with Gasteiger partial charge in [0, 0.05) is 11.5 Å². The SMILES string of the molecule is CC1C(C(=O)O)=CC=CC1(C(=O)O)c1ncnc(N)n1. The Balaban J connectivity index is 2.64. The van der Waals surface area contributed by atoms with E-state index >= 15 is 0 Å². The summed E-state index contributed by atoms with van der Waals surface area (Å²) in [5, 5.41) is 18.7. The monoisotopic (exact) mass is 276 g/mol. The van der Waals surface area contributed by atoms with Gasteiger partial charge in [0.05, 0.1) is 0 Å². The Morgan fingerprint density at radius 1 is 1.35 bits per heavy atom. The summed E-state index contributed by atoms with van der Waals surface area (Å²) in [5.74, 6) is -3.51. The smallest absolute Gasteiger partial charge is 0.331 e. The Morgan fingerprint density at radius 3 is 2.60 bits per heavy atom. The fraction of sp³-hybridized carbons (Fsp3) is 0.250. The highest BCUT2D eigenvalue weighted by molar-refractivity contribution is 5.93. The number of hydrogen-bond acceptors (Lipinski definition) is 6. The summed E-state index contributed by atoms with van der Waals surface area (Å²) in [5.41, 5.74) is 3.74. The van der Waals surface area contributed by atoms with Crippen LogP contribution in [-0.2, 0) is 15.0 Å². The predicted octanol–water partition coefficient (Wildman–Crippen LogP) is -0.00690. The number of allylic oxidation sites excluding steroid dienone is 2. The molecular weight excluding hydrogens is 264 g/mol. The Labute approximate surface area is 113 Å². The summed E-state index contributed by atoms with van der Waals surface area (Å²) in [4.78, 5) is 34.3. The first-order valence-corrected chi connectivity index (χ1v) is 5.70. The standard InChI is InChI=1S/C12H12N4O4/c1-6-7(8(17)18)3-2-4-12(6,10(19)20)9-14-5-15-11(13)16-9/h2-6H,1H3,(H,17,18)(H,19,20)(H2,13,14,15,16). The molecule has 8 heteroatoms. The lowest BCUT2D eigenvalue weighted by Gasteiger charge is -2.33. The van der Waals surface area contributed by atoms with Crippen molar-refractivity contribution in [1.29, 1.82) is 0 Å². The van der Waals surface area contributed by atoms with Crippen molar-refractivity contribution < 1.29 is 19.8 Å². The third kappa shape index (κ3) is 1.91. The molecule has 0 bridgehead atoms. The fourth-order valence-electron chi connectivity index (χ4n) is 2.22. The van der Waals surface area contributed by atoms with Gasteiger partial charge in [-0.05, 0) is 0 Å². The number of carboxylic acids is 2. The van der Waals surface area contributed by atoms with E-state index in [0.717, 1.165) is 6.33 Å². The predicted molar refractivity (Wildman–Crippen MR) is 67.6 cm³/mol. The first kappa shape index (κ1) is 13.7. The third-order valence-corrected chi connectivity index (χ3v) is 3.35. The van der Waals surface area contributed by atoms with Crippen LogP contribution in [0.25, 0.3) is 0 Å². The molecule has 2 atom stereocenters. The Kier molecular flexibility index (Phi) is 3.23. The van der Waals surface area contributed by atoms with Gasteiger partial charge < -0.3 is 15.9 Å². The lowest BCUT2D eigenvalue weighted by Crippen LogP contribution is -2.45. The number of aromatic nitrogens is 3. The molecule has 1 aromatic heterocycles. The first-order valence-electron chi connectivity index (χ1n) is 5.70. The van der Waals surface area contributed by atoms with Crippen molar-refractivity contribution in [2.24, 2.45) is 5.92 Å². The van der Waals surface area contributed by atoms with Crippen LogP contribution in [0.5, 0.6) is 0 Å². The first-order chi connectivity index (χ1) is 9.39. The fourth-order valence-corrected chi connectivity index (χ4v) is 2.22. The Hall–Kier alpha value is -2.77. The summed E-state index contributed by atoms with van der Waals surface area (Å²) in [7, 11) is 0. The van der Waals surface area contributed by atoms with E-state index in [1.54, 1.807) is 0 Å². The third-order valence-electron chi connectivity index (χ3n) is 3.35. The maximum absolute atomic E-state index is 11.8. The molecule has 0 amide bonds. The molecule has 1 heterocycles. The van der Waals surface area contributed by atoms with Crippen LogP contribution in [0.4, 0.5) is 5.95 Å². The molecule has 1 aliphatic rings. The zero-order chi connectivity index (χ0) is 14.9. The van der Waals surface area contributed by atoms with Gasteiger partial charge in [-0.3, -0.25) is 4.79 Å². The number of aliphatic carboxylic acids is 2. The molecule has 0 aromatic carbocycles. The van der Waals surface area contributed by atoms with Crippen molar-refractivity contribution in [2.45, 2.75) is 12.3 Å². The highest BCUT2D eigenvalue weighted by Gasteiger charge is 2.50. The van der Waals surface area contributed by atoms with Crippen molar-refractivity contribution in [3.63, 3.8) is 0 Å². The number of nitrogens with zero attached hydrogens (tertiary/aromatic N) is 3. The van der Waals surface area contributed by atoms with Crippen molar-refractivity contribution in [3.8, 4) is 0 Å². The maximum Gasteiger partial charge on any atom is 0.331 e. The maximum atomic E-state index is 11.8. The van der Waals surface area contributed by atoms with Crippen LogP contribution in [0.2, 0.25) is 0 Å². The van der Waals surface area contributed by atoms with Gasteiger partial charge in [-0.15, -0.1) is 0 Å². The van der Waals surface area contributed by atoms with Gasteiger partial charge in [-0.1, -0.05) is 25.2 Å². The van der Waals surface area contributed by atoms with Crippen molar-refractivity contribution in [3.05, 3.63) is 36.0 Å². The zero-order valence-corrected chi connectivity index (χ0v) is 10.5. The average Bonchev–Trinajstić information content (AvgIpc) is 2.38. The molecular formula is C12H12N4O4. The highest BCUT2D eigenvalue weighted by atomic mass is 16.4. The molecule has 0 saturated carbocycles. The van der Waals surface area contributed by atoms with Crippen LogP contribution >= 0.6 is 0 Å². The lowest BCUT2D eigenvalue weighted by molar-refractivity contribution is -0.144. The van der Waals surface area contributed by atoms with E-state index in [0.29, 0.717) is 0 Å². The summed E-state index contributed by atoms with van der Waals surface area (Å²) in [6, 6.07) is 0. The quantitative estimate of drug-likeness (QED) is 0.700. The van der Waals surface area contributed by atoms with E-state index in [2.05, 4.69) is 15.0 Å². The minimum absolute atomic E-state index is 0.0334. The van der Waals surface area contributed by atoms with Crippen LogP contribution < -0.4 is 5.73 Å². The van der Waals surface area contributed by atoms with E-state index in [1.807, 2.05) is 0 Å². The average molecular weight is 276 g/mol. The number of rotatable bonds is 3. The van der Waals surface area contributed by atoms with Gasteiger partial charge >= 0.3 is 11.9 Å². The largest absolute Gasteiger partial charge is 0.480 e. The van der Waals surface area contributed by atoms with Crippen molar-refractivity contribution in [1.82, 2.24) is 15.0 Å². The normalized spacial score (nSPS) is 25.1. The number of nitrogen functional groups attached to an aromatic ring is 1. The molecule has 1 aromatic rings. The lowest BCUT2D eigenvalue weighted by atomic mass is 9.69. The second-order valence-corrected chi connectivity index (χ2v) is 4.35. The van der Waals surface area contributed by atoms with Crippen molar-refractivity contribution in [2.75, 3.05) is 5.73 Å². The summed E-state index contributed by atoms with van der Waals surface area (Å²) in [6.45, 7) is 1.50. The van der Waals surface area contributed by atoms with Crippen LogP contribution in [0.1, 0.15) is 12.7 Å². The van der Waals surface area contributed by atoms with Gasteiger partial charge in [0.2, 0.25) is 5.95 Å². The zero-order valence-electron chi connectivity index (χ0n) is 10.5. The highest BCUT2D eigenvalue weighted by Crippen LogP contribution is 2.39. The summed E-state index contributed by atoms with van der Waals surface area (Å²) in [6.07, 6.45) is 5.19. The van der Waals surface area contributed by atoms with Gasteiger partial charge in [-0.2, -0.15) is 4.98 Å². The summed E-state index contributed by atoms with van der Waals surface area (Å²) >= 11 is 0. The number of nitrogens with two attached hydrogens (primary N) is 1. The minimum atomic E-state index is -1.68. The minimum Gasteiger partial charge on any atom is -0.480 e. The van der Waals surface area contributed by atoms with E-state index in [-0.39, 0.29) is 17.3 Å². The molecule has 0 fully saturated rings. The second kappa shape index (κ2) is 4.72. The van der Waals surface area contributed by atoms with Crippen LogP contribution in [0.15, 0.2) is 30.1 Å². The molecule has 0 spiro atoms. The molecule has 0 radical (unpaired) electrons. The molecule has 104 valence electrons. The molecule has 4 N–H and O–H groups in total. The van der Waals surface area contributed by atoms with E-state index in [4.69, 9.17) is 10.8 Å². The van der Waals surface area contributed by atoms with Crippen LogP contribution in [-0.4, -0.2) is 37.1 Å². The molecule has 0 saturated heterocycles.